The molecule has 0 saturated heterocycles. The van der Waals surface area contributed by atoms with Gasteiger partial charge in [0.25, 0.3) is 5.91 Å². The van der Waals surface area contributed by atoms with E-state index in [2.05, 4.69) is 5.32 Å². The maximum absolute atomic E-state index is 13.3. The largest absolute Gasteiger partial charge is 0.348 e. The summed E-state index contributed by atoms with van der Waals surface area (Å²) >= 11 is 5.58. The van der Waals surface area contributed by atoms with Crippen molar-refractivity contribution in [3.63, 3.8) is 0 Å². The highest BCUT2D eigenvalue weighted by molar-refractivity contribution is 6.30. The Morgan fingerprint density at radius 1 is 1.14 bits per heavy atom. The van der Waals surface area contributed by atoms with Crippen LogP contribution in [0.2, 0.25) is 5.02 Å². The first-order valence-corrected chi connectivity index (χ1v) is 6.99. The van der Waals surface area contributed by atoms with Crippen molar-refractivity contribution in [1.29, 1.82) is 0 Å². The number of hydrogen-bond acceptors (Lipinski definition) is 2. The summed E-state index contributed by atoms with van der Waals surface area (Å²) in [6.45, 7) is 0.990. The van der Waals surface area contributed by atoms with Gasteiger partial charge in [-0.1, -0.05) is 35.9 Å². The minimum atomic E-state index is -0.601. The molecule has 0 aliphatic rings. The maximum atomic E-state index is 13.3. The molecule has 5 heteroatoms. The minimum absolute atomic E-state index is 0.00189. The number of halogens is 2. The van der Waals surface area contributed by atoms with Crippen molar-refractivity contribution in [2.75, 3.05) is 6.54 Å². The normalized spacial score (nSPS) is 10.4. The van der Waals surface area contributed by atoms with Gasteiger partial charge >= 0.3 is 0 Å². The van der Waals surface area contributed by atoms with Gasteiger partial charge in [-0.15, -0.1) is 0 Å². The fourth-order valence-corrected chi connectivity index (χ4v) is 2.03. The zero-order chi connectivity index (χ0) is 15.2. The standard InChI is InChI=1S/C16H16ClFN2O/c17-14-6-5-13(9-15(14)18)16(21)20-10-12-3-1-11(2-4-12)7-8-19/h1-6,9H,7-8,10,19H2,(H,20,21). The van der Waals surface area contributed by atoms with E-state index in [1.807, 2.05) is 24.3 Å². The molecule has 3 nitrogen and oxygen atoms in total. The van der Waals surface area contributed by atoms with Crippen LogP contribution in [0.4, 0.5) is 4.39 Å². The summed E-state index contributed by atoms with van der Waals surface area (Å²) in [6, 6.07) is 11.8. The second-order valence-electron chi connectivity index (χ2n) is 4.67. The van der Waals surface area contributed by atoms with Crippen LogP contribution >= 0.6 is 11.6 Å². The van der Waals surface area contributed by atoms with Crippen LogP contribution in [-0.2, 0) is 13.0 Å². The van der Waals surface area contributed by atoms with Gasteiger partial charge in [0.05, 0.1) is 5.02 Å². The number of benzene rings is 2. The van der Waals surface area contributed by atoms with E-state index in [0.717, 1.165) is 23.6 Å². The lowest BCUT2D eigenvalue weighted by atomic mass is 10.1. The number of carbonyl (C=O) groups is 1. The van der Waals surface area contributed by atoms with Crippen LogP contribution in [0.5, 0.6) is 0 Å². The molecule has 0 bridgehead atoms. The van der Waals surface area contributed by atoms with E-state index in [4.69, 9.17) is 17.3 Å². The number of nitrogens with two attached hydrogens (primary N) is 1. The molecule has 110 valence electrons. The van der Waals surface area contributed by atoms with Gasteiger partial charge in [0, 0.05) is 12.1 Å². The van der Waals surface area contributed by atoms with Crippen molar-refractivity contribution in [2.45, 2.75) is 13.0 Å². The van der Waals surface area contributed by atoms with E-state index < -0.39 is 5.82 Å². The quantitative estimate of drug-likeness (QED) is 0.892. The van der Waals surface area contributed by atoms with E-state index in [9.17, 15) is 9.18 Å². The Morgan fingerprint density at radius 2 is 1.81 bits per heavy atom. The van der Waals surface area contributed by atoms with Gasteiger partial charge in [-0.05, 0) is 42.3 Å². The van der Waals surface area contributed by atoms with Gasteiger partial charge in [0.1, 0.15) is 5.82 Å². The lowest BCUT2D eigenvalue weighted by Crippen LogP contribution is -2.22. The molecule has 0 aliphatic carbocycles. The predicted octanol–water partition coefficient (Wildman–Crippen LogP) is 2.91. The zero-order valence-electron chi connectivity index (χ0n) is 11.4. The van der Waals surface area contributed by atoms with Crippen LogP contribution in [0.1, 0.15) is 21.5 Å². The fraction of sp³-hybridized carbons (Fsp3) is 0.188. The van der Waals surface area contributed by atoms with Crippen LogP contribution in [0.15, 0.2) is 42.5 Å². The van der Waals surface area contributed by atoms with Crippen molar-refractivity contribution >= 4 is 17.5 Å². The topological polar surface area (TPSA) is 55.1 Å². The van der Waals surface area contributed by atoms with Gasteiger partial charge in [0.2, 0.25) is 0 Å². The van der Waals surface area contributed by atoms with Crippen LogP contribution in [0.25, 0.3) is 0 Å². The lowest BCUT2D eigenvalue weighted by molar-refractivity contribution is 0.0950. The van der Waals surface area contributed by atoms with Crippen LogP contribution < -0.4 is 11.1 Å². The van der Waals surface area contributed by atoms with E-state index in [-0.39, 0.29) is 16.5 Å². The molecular formula is C16H16ClFN2O. The average Bonchev–Trinajstić information content (AvgIpc) is 2.49. The summed E-state index contributed by atoms with van der Waals surface area (Å²) in [5.41, 5.74) is 7.86. The van der Waals surface area contributed by atoms with Crippen LogP contribution in [-0.4, -0.2) is 12.5 Å². The van der Waals surface area contributed by atoms with E-state index in [1.54, 1.807) is 0 Å². The second-order valence-corrected chi connectivity index (χ2v) is 5.07. The third kappa shape index (κ3) is 4.28. The fourth-order valence-electron chi connectivity index (χ4n) is 1.91. The highest BCUT2D eigenvalue weighted by atomic mass is 35.5. The molecule has 0 aliphatic heterocycles. The molecule has 2 aromatic rings. The first-order chi connectivity index (χ1) is 10.1. The zero-order valence-corrected chi connectivity index (χ0v) is 12.2. The molecule has 0 heterocycles. The Kier molecular flexibility index (Phi) is 5.31. The summed E-state index contributed by atoms with van der Waals surface area (Å²) in [5.74, 6) is -0.938. The van der Waals surface area contributed by atoms with E-state index >= 15 is 0 Å². The SMILES string of the molecule is NCCc1ccc(CNC(=O)c2ccc(Cl)c(F)c2)cc1. The number of carbonyl (C=O) groups excluding carboxylic acids is 1. The molecule has 0 aromatic heterocycles. The van der Waals surface area contributed by atoms with E-state index in [0.29, 0.717) is 13.1 Å². The Hall–Kier alpha value is -1.91. The molecule has 2 aromatic carbocycles. The number of rotatable bonds is 5. The smallest absolute Gasteiger partial charge is 0.251 e. The molecule has 0 fully saturated rings. The Balaban J connectivity index is 1.95. The molecule has 0 atom stereocenters. The summed E-state index contributed by atoms with van der Waals surface area (Å²) in [6.07, 6.45) is 0.830. The number of nitrogens with one attached hydrogen (secondary N) is 1. The van der Waals surface area contributed by atoms with Gasteiger partial charge < -0.3 is 11.1 Å². The Labute approximate surface area is 127 Å². The van der Waals surface area contributed by atoms with E-state index in [1.165, 1.54) is 12.1 Å². The third-order valence-corrected chi connectivity index (χ3v) is 3.40. The molecule has 0 radical (unpaired) electrons. The van der Waals surface area contributed by atoms with Gasteiger partial charge in [-0.2, -0.15) is 0 Å². The minimum Gasteiger partial charge on any atom is -0.348 e. The van der Waals surface area contributed by atoms with Gasteiger partial charge in [-0.25, -0.2) is 4.39 Å². The third-order valence-electron chi connectivity index (χ3n) is 3.09. The van der Waals surface area contributed by atoms with Crippen molar-refractivity contribution in [2.24, 2.45) is 5.73 Å². The lowest BCUT2D eigenvalue weighted by Gasteiger charge is -2.07. The molecular weight excluding hydrogens is 291 g/mol. The highest BCUT2D eigenvalue weighted by Gasteiger charge is 2.08. The van der Waals surface area contributed by atoms with Crippen molar-refractivity contribution in [3.05, 3.63) is 70.0 Å². The number of hydrogen-bond donors (Lipinski definition) is 2. The Morgan fingerprint density at radius 3 is 2.43 bits per heavy atom. The molecule has 21 heavy (non-hydrogen) atoms. The maximum Gasteiger partial charge on any atom is 0.251 e. The number of amides is 1. The van der Waals surface area contributed by atoms with Crippen molar-refractivity contribution < 1.29 is 9.18 Å². The predicted molar refractivity (Wildman–Crippen MR) is 81.8 cm³/mol. The summed E-state index contributed by atoms with van der Waals surface area (Å²) < 4.78 is 13.3. The van der Waals surface area contributed by atoms with Crippen LogP contribution in [0, 0.1) is 5.82 Å². The molecule has 3 N–H and O–H groups in total. The van der Waals surface area contributed by atoms with Gasteiger partial charge in [-0.3, -0.25) is 4.79 Å². The van der Waals surface area contributed by atoms with Crippen LogP contribution in [0.3, 0.4) is 0 Å². The molecule has 2 rings (SSSR count). The summed E-state index contributed by atoms with van der Waals surface area (Å²) in [7, 11) is 0. The molecule has 0 unspecified atom stereocenters. The molecule has 0 spiro atoms. The first kappa shape index (κ1) is 15.5. The highest BCUT2D eigenvalue weighted by Crippen LogP contribution is 2.15. The van der Waals surface area contributed by atoms with Crippen molar-refractivity contribution in [3.8, 4) is 0 Å². The monoisotopic (exact) mass is 306 g/mol. The molecule has 0 saturated carbocycles. The summed E-state index contributed by atoms with van der Waals surface area (Å²) in [5, 5.41) is 2.74. The van der Waals surface area contributed by atoms with Gasteiger partial charge in [0.15, 0.2) is 0 Å². The Bertz CT molecular complexity index is 629. The second kappa shape index (κ2) is 7.20. The molecule has 1 amide bonds. The first-order valence-electron chi connectivity index (χ1n) is 6.61. The summed E-state index contributed by atoms with van der Waals surface area (Å²) in [4.78, 5) is 11.9. The average molecular weight is 307 g/mol. The van der Waals surface area contributed by atoms with Crippen molar-refractivity contribution in [1.82, 2.24) is 5.32 Å².